The summed E-state index contributed by atoms with van der Waals surface area (Å²) in [5.74, 6) is 0.244. The molecule has 18 heavy (non-hydrogen) atoms. The molecule has 3 nitrogen and oxygen atoms in total. The molecule has 3 heteroatoms. The number of hydrogen-bond acceptors (Lipinski definition) is 2. The number of hydrogen-bond donors (Lipinski definition) is 0. The van der Waals surface area contributed by atoms with Crippen LogP contribution in [0.2, 0.25) is 0 Å². The molecule has 0 aromatic heterocycles. The molecule has 1 aromatic carbocycles. The van der Waals surface area contributed by atoms with Gasteiger partial charge in [0.15, 0.2) is 0 Å². The Morgan fingerprint density at radius 3 is 2.56 bits per heavy atom. The van der Waals surface area contributed by atoms with Gasteiger partial charge in [0.1, 0.15) is 0 Å². The molecule has 2 aliphatic rings. The average molecular weight is 240 g/mol. The fourth-order valence-corrected chi connectivity index (χ4v) is 2.88. The Balaban J connectivity index is 2.17. The number of anilines is 1. The molecule has 0 aliphatic carbocycles. The third kappa shape index (κ3) is 1.45. The lowest BCUT2D eigenvalue weighted by atomic mass is 9.83. The van der Waals surface area contributed by atoms with E-state index >= 15 is 0 Å². The average Bonchev–Trinajstić information content (AvgIpc) is 2.79. The van der Waals surface area contributed by atoms with Crippen molar-refractivity contribution < 1.29 is 4.79 Å². The van der Waals surface area contributed by atoms with Crippen LogP contribution in [0, 0.1) is 11.3 Å². The summed E-state index contributed by atoms with van der Waals surface area (Å²) in [6.45, 7) is 4.70. The van der Waals surface area contributed by atoms with Crippen molar-refractivity contribution in [3.05, 3.63) is 28.8 Å². The Labute approximate surface area is 107 Å². The number of rotatable bonds is 1. The van der Waals surface area contributed by atoms with Gasteiger partial charge in [-0.25, -0.2) is 0 Å². The predicted octanol–water partition coefficient (Wildman–Crippen LogP) is 2.32. The van der Waals surface area contributed by atoms with E-state index < -0.39 is 5.41 Å². The van der Waals surface area contributed by atoms with Crippen LogP contribution in [-0.4, -0.2) is 12.5 Å². The molecule has 0 spiro atoms. The van der Waals surface area contributed by atoms with E-state index in [9.17, 15) is 10.1 Å². The van der Waals surface area contributed by atoms with Crippen molar-refractivity contribution in [1.82, 2.24) is 0 Å². The normalized spacial score (nSPS) is 17.6. The molecule has 2 aliphatic heterocycles. The van der Waals surface area contributed by atoms with E-state index in [1.54, 1.807) is 0 Å². The van der Waals surface area contributed by atoms with E-state index in [0.29, 0.717) is 6.42 Å². The van der Waals surface area contributed by atoms with Crippen molar-refractivity contribution >= 4 is 11.6 Å². The molecule has 92 valence electrons. The monoisotopic (exact) mass is 240 g/mol. The summed E-state index contributed by atoms with van der Waals surface area (Å²) in [5.41, 5.74) is 4.22. The molecule has 3 rings (SSSR count). The largest absolute Gasteiger partial charge is 0.312 e. The van der Waals surface area contributed by atoms with Gasteiger partial charge in [0.2, 0.25) is 5.91 Å². The van der Waals surface area contributed by atoms with Crippen LogP contribution < -0.4 is 4.90 Å². The van der Waals surface area contributed by atoms with Gasteiger partial charge in [0, 0.05) is 13.0 Å². The van der Waals surface area contributed by atoms with Crippen molar-refractivity contribution in [2.75, 3.05) is 11.4 Å². The number of benzene rings is 1. The van der Waals surface area contributed by atoms with E-state index in [2.05, 4.69) is 18.2 Å². The van der Waals surface area contributed by atoms with Crippen LogP contribution in [0.15, 0.2) is 12.1 Å². The zero-order valence-corrected chi connectivity index (χ0v) is 10.8. The molecule has 0 bridgehead atoms. The van der Waals surface area contributed by atoms with E-state index in [-0.39, 0.29) is 5.91 Å². The first kappa shape index (κ1) is 11.3. The van der Waals surface area contributed by atoms with Crippen molar-refractivity contribution in [3.63, 3.8) is 0 Å². The van der Waals surface area contributed by atoms with Crippen LogP contribution in [0.5, 0.6) is 0 Å². The number of amides is 1. The maximum absolute atomic E-state index is 11.8. The lowest BCUT2D eigenvalue weighted by Gasteiger charge is -2.27. The van der Waals surface area contributed by atoms with Crippen molar-refractivity contribution in [1.29, 1.82) is 5.26 Å². The summed E-state index contributed by atoms with van der Waals surface area (Å²) in [5, 5.41) is 9.25. The van der Waals surface area contributed by atoms with Gasteiger partial charge < -0.3 is 4.90 Å². The topological polar surface area (TPSA) is 44.1 Å². The van der Waals surface area contributed by atoms with Gasteiger partial charge in [0.05, 0.1) is 17.2 Å². The van der Waals surface area contributed by atoms with E-state index in [0.717, 1.165) is 30.6 Å². The van der Waals surface area contributed by atoms with Gasteiger partial charge in [-0.3, -0.25) is 4.79 Å². The number of aryl methyl sites for hydroxylation is 1. The third-order valence-corrected chi connectivity index (χ3v) is 4.05. The highest BCUT2D eigenvalue weighted by Gasteiger charge is 2.33. The minimum Gasteiger partial charge on any atom is -0.312 e. The molecule has 0 atom stereocenters. The summed E-state index contributed by atoms with van der Waals surface area (Å²) in [6.07, 6.45) is 2.33. The van der Waals surface area contributed by atoms with E-state index in [1.165, 1.54) is 11.1 Å². The molecule has 0 unspecified atom stereocenters. The smallest absolute Gasteiger partial charge is 0.227 e. The summed E-state index contributed by atoms with van der Waals surface area (Å²) in [6, 6.07) is 6.59. The maximum Gasteiger partial charge on any atom is 0.227 e. The molecule has 0 radical (unpaired) electrons. The van der Waals surface area contributed by atoms with Crippen molar-refractivity contribution in [3.8, 4) is 6.07 Å². The molecule has 1 amide bonds. The molecular weight excluding hydrogens is 224 g/mol. The molecule has 0 N–H and O–H groups in total. The van der Waals surface area contributed by atoms with Crippen LogP contribution in [0.4, 0.5) is 5.69 Å². The van der Waals surface area contributed by atoms with Gasteiger partial charge >= 0.3 is 0 Å². The van der Waals surface area contributed by atoms with E-state index in [4.69, 9.17) is 0 Å². The minimum absolute atomic E-state index is 0.244. The fourth-order valence-electron chi connectivity index (χ4n) is 2.88. The lowest BCUT2D eigenvalue weighted by molar-refractivity contribution is -0.118. The molecular formula is C15H16N2O. The number of carbonyl (C=O) groups excluding carboxylic acids is 1. The fraction of sp³-hybridized carbons (Fsp3) is 0.467. The summed E-state index contributed by atoms with van der Waals surface area (Å²) in [4.78, 5) is 13.7. The lowest BCUT2D eigenvalue weighted by Crippen LogP contribution is -2.33. The number of nitriles is 1. The Morgan fingerprint density at radius 1 is 1.22 bits per heavy atom. The van der Waals surface area contributed by atoms with E-state index in [1.807, 2.05) is 18.7 Å². The quantitative estimate of drug-likeness (QED) is 0.756. The second kappa shape index (κ2) is 3.58. The van der Waals surface area contributed by atoms with Gasteiger partial charge in [-0.1, -0.05) is 12.1 Å². The first-order valence-corrected chi connectivity index (χ1v) is 6.41. The standard InChI is InChI=1S/C15H16N2O/c1-15(2,9-16)12-7-10-3-4-13(18)17-6-5-11(8-12)14(10)17/h7-8H,3-6H2,1-2H3. The van der Waals surface area contributed by atoms with Crippen molar-refractivity contribution in [2.45, 2.75) is 38.5 Å². The second-order valence-electron chi connectivity index (χ2n) is 5.68. The van der Waals surface area contributed by atoms with Crippen molar-refractivity contribution in [2.24, 2.45) is 0 Å². The predicted molar refractivity (Wildman–Crippen MR) is 69.5 cm³/mol. The minimum atomic E-state index is -0.458. The van der Waals surface area contributed by atoms with Gasteiger partial charge in [-0.15, -0.1) is 0 Å². The SMILES string of the molecule is CC(C)(C#N)c1cc2c3c(c1)CCN3C(=O)CC2. The van der Waals surface area contributed by atoms with Gasteiger partial charge in [0.25, 0.3) is 0 Å². The summed E-state index contributed by atoms with van der Waals surface area (Å²) >= 11 is 0. The Hall–Kier alpha value is -1.82. The molecule has 2 heterocycles. The first-order valence-electron chi connectivity index (χ1n) is 6.41. The third-order valence-electron chi connectivity index (χ3n) is 4.05. The van der Waals surface area contributed by atoms with Crippen LogP contribution in [0.25, 0.3) is 0 Å². The van der Waals surface area contributed by atoms with Gasteiger partial charge in [-0.2, -0.15) is 5.26 Å². The maximum atomic E-state index is 11.8. The number of carbonyl (C=O) groups is 1. The van der Waals surface area contributed by atoms with Crippen LogP contribution >= 0.6 is 0 Å². The Morgan fingerprint density at radius 2 is 1.89 bits per heavy atom. The van der Waals surface area contributed by atoms with Crippen LogP contribution in [-0.2, 0) is 23.1 Å². The molecule has 1 aromatic rings. The van der Waals surface area contributed by atoms with Gasteiger partial charge in [-0.05, 0) is 43.4 Å². The number of nitrogens with zero attached hydrogens (tertiary/aromatic N) is 2. The Bertz CT molecular complexity index is 581. The van der Waals surface area contributed by atoms with Crippen LogP contribution in [0.1, 0.15) is 37.0 Å². The molecule has 0 saturated heterocycles. The highest BCUT2D eigenvalue weighted by atomic mass is 16.2. The zero-order valence-electron chi connectivity index (χ0n) is 10.8. The summed E-state index contributed by atoms with van der Waals surface area (Å²) < 4.78 is 0. The highest BCUT2D eigenvalue weighted by Crippen LogP contribution is 2.39. The first-order chi connectivity index (χ1) is 8.53. The molecule has 0 fully saturated rings. The summed E-state index contributed by atoms with van der Waals surface area (Å²) in [7, 11) is 0. The van der Waals surface area contributed by atoms with Crippen LogP contribution in [0.3, 0.4) is 0 Å². The molecule has 0 saturated carbocycles. The highest BCUT2D eigenvalue weighted by molar-refractivity contribution is 5.98. The zero-order chi connectivity index (χ0) is 12.9. The Kier molecular flexibility index (Phi) is 2.25. The second-order valence-corrected chi connectivity index (χ2v) is 5.68.